The highest BCUT2D eigenvalue weighted by molar-refractivity contribution is 7.99. The Morgan fingerprint density at radius 3 is 0.479 bits per heavy atom. The van der Waals surface area contributed by atoms with Gasteiger partial charge < -0.3 is 0 Å². The van der Waals surface area contributed by atoms with Gasteiger partial charge in [-0.15, -0.1) is 0 Å². The van der Waals surface area contributed by atoms with Crippen molar-refractivity contribution < 1.29 is 0 Å². The summed E-state index contributed by atoms with van der Waals surface area (Å²) in [7, 11) is 0. The van der Waals surface area contributed by atoms with Crippen LogP contribution in [0.25, 0.3) is 33.4 Å². The molecule has 1 heterocycles. The molecule has 1 heteroatoms. The van der Waals surface area contributed by atoms with Gasteiger partial charge in [-0.1, -0.05) is 635 Å². The summed E-state index contributed by atoms with van der Waals surface area (Å²) in [5.41, 5.74) is 40.0. The average molecular weight is 1940 g/mol. The molecule has 0 radical (unpaired) electrons. The van der Waals surface area contributed by atoms with Crippen LogP contribution in [-0.2, 0) is 81.2 Å². The minimum Gasteiger partial charge on any atom is -0.0895 e. The molecule has 0 amide bonds. The van der Waals surface area contributed by atoms with E-state index in [1.54, 1.807) is 0 Å². The Kier molecular flexibility index (Phi) is 31.4. The van der Waals surface area contributed by atoms with Gasteiger partial charge in [-0.3, -0.25) is 0 Å². The summed E-state index contributed by atoms with van der Waals surface area (Å²) in [6.07, 6.45) is 0. The maximum Gasteiger partial charge on any atom is 0.0719 e. The number of benzene rings is 16. The molecule has 1 aliphatic heterocycles. The zero-order valence-electron chi connectivity index (χ0n) is 95.0. The summed E-state index contributed by atoms with van der Waals surface area (Å²) in [4.78, 5) is 2.79. The Morgan fingerprint density at radius 1 is 0.116 bits per heavy atom. The zero-order valence-corrected chi connectivity index (χ0v) is 95.8. The van der Waals surface area contributed by atoms with E-state index in [1.807, 2.05) is 67.2 Å². The lowest BCUT2D eigenvalue weighted by Gasteiger charge is -2.48. The molecule has 146 heavy (non-hydrogen) atoms. The van der Waals surface area contributed by atoms with Crippen molar-refractivity contribution in [2.45, 2.75) is 326 Å². The largest absolute Gasteiger partial charge is 0.0895 e. The molecule has 0 N–H and O–H groups in total. The third-order valence-corrected chi connectivity index (χ3v) is 38.8. The Morgan fingerprint density at radius 2 is 0.253 bits per heavy atom. The van der Waals surface area contributed by atoms with E-state index < -0.39 is 0 Å². The Hall–Kier alpha value is -12.1. The SMILES string of the molecule is CC.CC.CC.CC.CC1(C)c2ccccc2-c2ccccc2C1(C)C.CC1(C)c2ccccc2-c2ccccc2C1(C)C.CC1(C)c2ccccc2C(C)(C)C(C)(C)c2ccccc21.CC1(C)c2ccccc2C(c2ccccc2)(c2ccccc2)c2ccccc2C1(C)C.CC1(C)c2ccccc2C2(c3ccccc3-c3ccccc32)c2ccccc2C1(C)C.CC1(C)c2ccccc2Sc2ccccc2C1(C)C. The molecule has 754 valence electrons. The fourth-order valence-electron chi connectivity index (χ4n) is 25.3. The predicted octanol–water partition coefficient (Wildman–Crippen LogP) is 40.2. The maximum absolute atomic E-state index is 2.42. The molecule has 0 nitrogen and oxygen atoms in total. The zero-order chi connectivity index (χ0) is 106. The van der Waals surface area contributed by atoms with Crippen LogP contribution in [0, 0.1) is 0 Å². The second-order valence-electron chi connectivity index (χ2n) is 47.0. The molecule has 7 aliphatic rings. The molecule has 0 aromatic heterocycles. The summed E-state index contributed by atoms with van der Waals surface area (Å²) < 4.78 is 0. The van der Waals surface area contributed by atoms with Gasteiger partial charge in [-0.05, 0) is 233 Å². The first kappa shape index (κ1) is 110. The fourth-order valence-corrected chi connectivity index (χ4v) is 26.7. The molecular formula is C145H168S. The van der Waals surface area contributed by atoms with Crippen LogP contribution in [0.15, 0.2) is 410 Å². The molecule has 0 bridgehead atoms. The minimum absolute atomic E-state index is 0.0321. The van der Waals surface area contributed by atoms with Crippen LogP contribution in [0.5, 0.6) is 0 Å². The molecule has 0 atom stereocenters. The van der Waals surface area contributed by atoms with E-state index in [-0.39, 0.29) is 81.2 Å². The van der Waals surface area contributed by atoms with Crippen LogP contribution >= 0.6 is 11.8 Å². The van der Waals surface area contributed by atoms with Crippen LogP contribution in [-0.4, -0.2) is 0 Å². The van der Waals surface area contributed by atoms with E-state index in [0.717, 1.165) is 0 Å². The van der Waals surface area contributed by atoms with Gasteiger partial charge in [0.2, 0.25) is 0 Å². The van der Waals surface area contributed by atoms with Crippen LogP contribution in [0.3, 0.4) is 0 Å². The van der Waals surface area contributed by atoms with Gasteiger partial charge >= 0.3 is 0 Å². The van der Waals surface area contributed by atoms with E-state index in [1.165, 1.54) is 166 Å². The Bertz CT molecular complexity index is 6600. The third-order valence-electron chi connectivity index (χ3n) is 37.6. The topological polar surface area (TPSA) is 0 Å². The Balaban J connectivity index is 0.000000139. The van der Waals surface area contributed by atoms with Gasteiger partial charge in [0.25, 0.3) is 0 Å². The molecule has 16 aromatic rings. The quantitative estimate of drug-likeness (QED) is 0.166. The lowest BCUT2D eigenvalue weighted by molar-refractivity contribution is 0.296. The molecule has 0 saturated carbocycles. The molecule has 16 aromatic carbocycles. The highest BCUT2D eigenvalue weighted by Crippen LogP contribution is 2.66. The summed E-state index contributed by atoms with van der Waals surface area (Å²) in [5, 5.41) is 0. The van der Waals surface area contributed by atoms with E-state index in [9.17, 15) is 0 Å². The van der Waals surface area contributed by atoms with Gasteiger partial charge in [-0.25, -0.2) is 0 Å². The maximum atomic E-state index is 2.42. The van der Waals surface area contributed by atoms with Crippen molar-refractivity contribution in [1.29, 1.82) is 0 Å². The summed E-state index contributed by atoms with van der Waals surface area (Å²) in [6.45, 7) is 78.0. The first-order valence-corrected chi connectivity index (χ1v) is 55.4. The summed E-state index contributed by atoms with van der Waals surface area (Å²) in [6, 6.07) is 148. The van der Waals surface area contributed by atoms with E-state index in [0.29, 0.717) is 0 Å². The Labute approximate surface area is 887 Å². The molecule has 0 fully saturated rings. The second kappa shape index (κ2) is 41.9. The number of hydrogen-bond donors (Lipinski definition) is 0. The lowest BCUT2D eigenvalue weighted by atomic mass is 9.55. The van der Waals surface area contributed by atoms with E-state index in [2.05, 4.69) is 580 Å². The standard InChI is InChI=1S/C31H28.C31H30.C21H26.C18H20S.2C18H20.4C2H6/c1-29(2)25-17-9-11-19-27(25)31(28-20-12-10-18-26(28)30(29,3)4)23-15-7-5-13-21(23)22-14-6-8-16-24(22)31;1-29(2)25-19-11-13-21-27(25)31(23-15-7-5-8-16-23,24-17-9-6-10-18-24)28-22-14-12-20-26(28)30(29,3)4;1-19(2)15-11-7-9-13-17(15)20(3,4)21(5,6)18-14-10-8-12-16(18)19;1-17(2)13-9-5-7-11-15(13)19-16-12-8-6-10-14(16)18(17,3)4;2*1-17(2)15-11-7-5-9-13(15)14-10-6-8-12-16(14)18(17,3)4;4*1-2/h5-20H,1-4H3;5-22H,1-4H3;7-14H,1-6H3;5-12H,1-4H3;2*5-12H,1-4H3;4*1-2H3. The molecule has 1 spiro atoms. The van der Waals surface area contributed by atoms with Crippen LogP contribution in [0.1, 0.15) is 358 Å². The molecule has 6 aliphatic carbocycles. The first-order chi connectivity index (χ1) is 69.4. The minimum atomic E-state index is -0.374. The third kappa shape index (κ3) is 17.4. The van der Waals surface area contributed by atoms with Crippen molar-refractivity contribution in [3.63, 3.8) is 0 Å². The van der Waals surface area contributed by atoms with Crippen LogP contribution in [0.4, 0.5) is 0 Å². The van der Waals surface area contributed by atoms with Gasteiger partial charge in [-0.2, -0.15) is 0 Å². The van der Waals surface area contributed by atoms with Crippen molar-refractivity contribution >= 4 is 11.8 Å². The van der Waals surface area contributed by atoms with Crippen molar-refractivity contribution in [2.24, 2.45) is 0 Å². The second-order valence-corrected chi connectivity index (χ2v) is 48.1. The number of hydrogen-bond acceptors (Lipinski definition) is 1. The lowest BCUT2D eigenvalue weighted by Crippen LogP contribution is -2.43. The number of fused-ring (bicyclic) bond motifs is 21. The molecule has 23 rings (SSSR count). The molecule has 0 saturated heterocycles. The first-order valence-electron chi connectivity index (χ1n) is 54.6. The number of rotatable bonds is 2. The van der Waals surface area contributed by atoms with Gasteiger partial charge in [0.05, 0.1) is 10.8 Å². The van der Waals surface area contributed by atoms with Gasteiger partial charge in [0.15, 0.2) is 0 Å². The fraction of sp³-hybridized carbons (Fsp3) is 0.338. The normalized spacial score (nSPS) is 18.0. The van der Waals surface area contributed by atoms with Crippen LogP contribution < -0.4 is 0 Å². The van der Waals surface area contributed by atoms with Crippen molar-refractivity contribution in [2.75, 3.05) is 0 Å². The summed E-state index contributed by atoms with van der Waals surface area (Å²) >= 11 is 1.91. The van der Waals surface area contributed by atoms with Gasteiger partial charge in [0.1, 0.15) is 0 Å². The van der Waals surface area contributed by atoms with E-state index in [4.69, 9.17) is 0 Å². The monoisotopic (exact) mass is 1940 g/mol. The highest BCUT2D eigenvalue weighted by Gasteiger charge is 2.58. The van der Waals surface area contributed by atoms with Gasteiger partial charge in [0, 0.05) is 15.2 Å². The summed E-state index contributed by atoms with van der Waals surface area (Å²) in [5.74, 6) is 0. The van der Waals surface area contributed by atoms with Crippen molar-refractivity contribution in [1.82, 2.24) is 0 Å². The van der Waals surface area contributed by atoms with Crippen molar-refractivity contribution in [3.8, 4) is 33.4 Å². The highest BCUT2D eigenvalue weighted by atomic mass is 32.2. The van der Waals surface area contributed by atoms with Crippen LogP contribution in [0.2, 0.25) is 0 Å². The average Bonchev–Trinajstić information content (AvgIpc) is 1.50. The smallest absolute Gasteiger partial charge is 0.0719 e. The predicted molar refractivity (Wildman–Crippen MR) is 636 cm³/mol. The molecule has 0 unspecified atom stereocenters. The molecular weight excluding hydrogens is 1770 g/mol. The van der Waals surface area contributed by atoms with Crippen molar-refractivity contribution in [3.05, 3.63) is 523 Å². The van der Waals surface area contributed by atoms with E-state index >= 15 is 0 Å².